The molecule has 0 rings (SSSR count). The molecule has 0 atom stereocenters. The van der Waals surface area contributed by atoms with Crippen molar-refractivity contribution in [2.24, 2.45) is 0 Å². The van der Waals surface area contributed by atoms with E-state index in [0.717, 1.165) is 19.3 Å². The highest BCUT2D eigenvalue weighted by atomic mass is 16.2. The van der Waals surface area contributed by atoms with Crippen LogP contribution < -0.4 is 0 Å². The first-order valence-corrected chi connectivity index (χ1v) is 14.9. The zero-order valence-electron chi connectivity index (χ0n) is 22.2. The Morgan fingerprint density at radius 2 is 0.562 bits per heavy atom. The van der Waals surface area contributed by atoms with E-state index in [0.29, 0.717) is 12.4 Å². The number of aliphatic hydroxyl groups is 1. The van der Waals surface area contributed by atoms with Gasteiger partial charge in [-0.1, -0.05) is 154 Å². The van der Waals surface area contributed by atoms with E-state index in [-0.39, 0.29) is 0 Å². The molecule has 0 bridgehead atoms. The van der Waals surface area contributed by atoms with Crippen LogP contribution in [-0.4, -0.2) is 17.5 Å². The molecule has 0 aliphatic carbocycles. The number of unbranched alkanes of at least 4 members (excludes halogenated alkanes) is 25. The van der Waals surface area contributed by atoms with Gasteiger partial charge in [0.25, 0.3) is 0 Å². The Kier molecular flexibility index (Phi) is 28.3. The van der Waals surface area contributed by atoms with Crippen molar-refractivity contribution in [1.82, 2.24) is 0 Å². The molecule has 0 saturated carbocycles. The number of hydrogen-bond donors (Lipinski definition) is 1. The molecular formula is C30H60O2. The van der Waals surface area contributed by atoms with Gasteiger partial charge in [0.05, 0.1) is 0 Å². The molecule has 0 unspecified atom stereocenters. The lowest BCUT2D eigenvalue weighted by molar-refractivity contribution is -0.117. The molecule has 0 radical (unpaired) electrons. The lowest BCUT2D eigenvalue weighted by Crippen LogP contribution is -1.89. The van der Waals surface area contributed by atoms with Crippen LogP contribution in [0.25, 0.3) is 0 Å². The molecule has 0 saturated heterocycles. The van der Waals surface area contributed by atoms with Crippen LogP contribution in [0.5, 0.6) is 0 Å². The fourth-order valence-electron chi connectivity index (χ4n) is 4.73. The van der Waals surface area contributed by atoms with Gasteiger partial charge < -0.3 is 9.90 Å². The minimum Gasteiger partial charge on any atom is -0.396 e. The molecule has 32 heavy (non-hydrogen) atoms. The molecule has 0 aromatic carbocycles. The number of aliphatic hydroxyl groups excluding tert-OH is 1. The lowest BCUT2D eigenvalue weighted by atomic mass is 10.0. The molecule has 0 aromatic rings. The van der Waals surface area contributed by atoms with Gasteiger partial charge >= 0.3 is 0 Å². The second-order valence-electron chi connectivity index (χ2n) is 10.4. The fraction of sp³-hybridized carbons (Fsp3) is 0.967. The van der Waals surface area contributed by atoms with Crippen molar-refractivity contribution in [1.29, 1.82) is 0 Å². The van der Waals surface area contributed by atoms with Gasteiger partial charge in [0.15, 0.2) is 0 Å². The van der Waals surface area contributed by atoms with Gasteiger partial charge in [-0.25, -0.2) is 0 Å². The van der Waals surface area contributed by atoms with Crippen LogP contribution in [0, 0.1) is 0 Å². The van der Waals surface area contributed by atoms with Gasteiger partial charge in [0.2, 0.25) is 0 Å². The summed E-state index contributed by atoms with van der Waals surface area (Å²) >= 11 is 0. The Bertz CT molecular complexity index is 353. The number of carbonyl (C=O) groups is 1. The zero-order valence-corrected chi connectivity index (χ0v) is 22.2. The van der Waals surface area contributed by atoms with Crippen LogP contribution >= 0.6 is 0 Å². The molecule has 0 aliphatic heterocycles. The first kappa shape index (κ1) is 31.6. The van der Waals surface area contributed by atoms with Crippen molar-refractivity contribution in [3.63, 3.8) is 0 Å². The average Bonchev–Trinajstić information content (AvgIpc) is 2.78. The first-order chi connectivity index (χ1) is 15.8. The third-order valence-corrected chi connectivity index (χ3v) is 6.94. The summed E-state index contributed by atoms with van der Waals surface area (Å²) in [4.78, 5) is 10.9. The van der Waals surface area contributed by atoms with E-state index in [9.17, 15) is 4.79 Å². The third-order valence-electron chi connectivity index (χ3n) is 6.94. The van der Waals surface area contributed by atoms with E-state index in [1.807, 2.05) is 0 Å². The Morgan fingerprint density at radius 1 is 0.375 bits per heavy atom. The molecule has 192 valence electrons. The Hall–Kier alpha value is -0.370. The minimum atomic E-state index is 0.347. The van der Waals surface area contributed by atoms with E-state index < -0.39 is 0 Å². The van der Waals surface area contributed by atoms with Crippen molar-refractivity contribution < 1.29 is 9.90 Å². The highest BCUT2D eigenvalue weighted by molar-refractivity contribution is 5.75. The summed E-state index contributed by atoms with van der Waals surface area (Å²) in [6, 6.07) is 0. The summed E-state index contributed by atoms with van der Waals surface area (Å²) in [6.07, 6.45) is 36.6. The monoisotopic (exact) mass is 452 g/mol. The SMILES string of the molecule is CC(=O)CCCCCCCCCCCCCCCCCCCCCCCCCCCCO. The number of rotatable bonds is 28. The summed E-state index contributed by atoms with van der Waals surface area (Å²) < 4.78 is 0. The molecule has 0 spiro atoms. The summed E-state index contributed by atoms with van der Waals surface area (Å²) in [5.41, 5.74) is 0. The van der Waals surface area contributed by atoms with Crippen molar-refractivity contribution in [2.75, 3.05) is 6.61 Å². The minimum absolute atomic E-state index is 0.347. The molecule has 0 heterocycles. The predicted molar refractivity (Wildman–Crippen MR) is 142 cm³/mol. The largest absolute Gasteiger partial charge is 0.396 e. The molecule has 0 amide bonds. The summed E-state index contributed by atoms with van der Waals surface area (Å²) in [7, 11) is 0. The van der Waals surface area contributed by atoms with Gasteiger partial charge in [0.1, 0.15) is 5.78 Å². The standard InChI is InChI=1S/C30H60O2/c1-30(32)28-26-24-22-20-18-16-14-12-10-8-6-4-2-3-5-7-9-11-13-15-17-19-21-23-25-27-29-31/h31H,2-29H2,1H3. The summed E-state index contributed by atoms with van der Waals surface area (Å²) in [5, 5.41) is 8.76. The van der Waals surface area contributed by atoms with E-state index in [1.54, 1.807) is 6.92 Å². The predicted octanol–water partition coefficient (Wildman–Crippen LogP) is 10.1. The number of hydrogen-bond acceptors (Lipinski definition) is 2. The van der Waals surface area contributed by atoms with E-state index in [1.165, 1.54) is 154 Å². The zero-order chi connectivity index (χ0) is 23.4. The molecule has 1 N–H and O–H groups in total. The Balaban J connectivity index is 3.00. The van der Waals surface area contributed by atoms with Crippen LogP contribution in [0.2, 0.25) is 0 Å². The maximum absolute atomic E-state index is 10.9. The normalized spacial score (nSPS) is 11.3. The second kappa shape index (κ2) is 28.7. The fourth-order valence-corrected chi connectivity index (χ4v) is 4.73. The maximum atomic E-state index is 10.9. The van der Waals surface area contributed by atoms with Gasteiger partial charge in [-0.05, 0) is 19.8 Å². The van der Waals surface area contributed by atoms with Crippen LogP contribution in [0.15, 0.2) is 0 Å². The highest BCUT2D eigenvalue weighted by Crippen LogP contribution is 2.16. The Labute approximate surface area is 202 Å². The summed E-state index contributed by atoms with van der Waals surface area (Å²) in [5.74, 6) is 0.347. The van der Waals surface area contributed by atoms with Crippen molar-refractivity contribution in [3.05, 3.63) is 0 Å². The van der Waals surface area contributed by atoms with Crippen LogP contribution in [0.1, 0.15) is 180 Å². The van der Waals surface area contributed by atoms with Crippen molar-refractivity contribution in [2.45, 2.75) is 180 Å². The maximum Gasteiger partial charge on any atom is 0.129 e. The topological polar surface area (TPSA) is 37.3 Å². The van der Waals surface area contributed by atoms with Gasteiger partial charge in [-0.3, -0.25) is 0 Å². The highest BCUT2D eigenvalue weighted by Gasteiger charge is 1.97. The molecule has 2 nitrogen and oxygen atoms in total. The Morgan fingerprint density at radius 3 is 0.750 bits per heavy atom. The smallest absolute Gasteiger partial charge is 0.129 e. The van der Waals surface area contributed by atoms with Crippen molar-refractivity contribution >= 4 is 5.78 Å². The van der Waals surface area contributed by atoms with E-state index in [2.05, 4.69) is 0 Å². The summed E-state index contributed by atoms with van der Waals surface area (Å²) in [6.45, 7) is 2.07. The number of carbonyl (C=O) groups excluding carboxylic acids is 1. The molecule has 0 fully saturated rings. The van der Waals surface area contributed by atoms with Gasteiger partial charge in [-0.15, -0.1) is 0 Å². The van der Waals surface area contributed by atoms with E-state index >= 15 is 0 Å². The van der Waals surface area contributed by atoms with Crippen LogP contribution in [0.4, 0.5) is 0 Å². The van der Waals surface area contributed by atoms with Gasteiger partial charge in [-0.2, -0.15) is 0 Å². The third kappa shape index (κ3) is 29.6. The molecular weight excluding hydrogens is 392 g/mol. The quantitative estimate of drug-likeness (QED) is 0.120. The van der Waals surface area contributed by atoms with E-state index in [4.69, 9.17) is 5.11 Å². The number of Topliss-reactive ketones (excluding diaryl/α,β-unsaturated/α-hetero) is 1. The second-order valence-corrected chi connectivity index (χ2v) is 10.4. The van der Waals surface area contributed by atoms with Crippen molar-refractivity contribution in [3.8, 4) is 0 Å². The molecule has 2 heteroatoms. The van der Waals surface area contributed by atoms with Crippen LogP contribution in [0.3, 0.4) is 0 Å². The van der Waals surface area contributed by atoms with Gasteiger partial charge in [0, 0.05) is 13.0 Å². The lowest BCUT2D eigenvalue weighted by Gasteiger charge is -2.04. The average molecular weight is 453 g/mol. The molecule has 0 aromatic heterocycles. The molecule has 0 aliphatic rings. The van der Waals surface area contributed by atoms with Crippen LogP contribution in [-0.2, 0) is 4.79 Å². The number of ketones is 1. The first-order valence-electron chi connectivity index (χ1n) is 14.9.